The number of amides is 5. The molecule has 0 bridgehead atoms. The Morgan fingerprint density at radius 3 is 1.97 bits per heavy atom. The molecule has 5 amide bonds. The van der Waals surface area contributed by atoms with Gasteiger partial charge in [-0.15, -0.1) is 0 Å². The second-order valence-electron chi connectivity index (χ2n) is 23.6. The number of aromatic amines is 1. The maximum absolute atomic E-state index is 13.5. The number of nitrogens with one attached hydrogen (secondary N) is 6. The molecule has 0 spiro atoms. The lowest BCUT2D eigenvalue weighted by Gasteiger charge is -2.44. The van der Waals surface area contributed by atoms with Crippen LogP contribution in [0, 0.1) is 5.41 Å². The number of carboxylic acids is 1. The molecule has 21 unspecified atom stereocenters. The van der Waals surface area contributed by atoms with Crippen LogP contribution in [0.15, 0.2) is 34.5 Å². The van der Waals surface area contributed by atoms with E-state index in [1.54, 1.807) is 0 Å². The number of fused-ring (bicyclic) bond motifs is 1. The molecule has 0 aliphatic carbocycles. The second-order valence-corrected chi connectivity index (χ2v) is 32.0. The Morgan fingerprint density at radius 1 is 0.733 bits per heavy atom. The summed E-state index contributed by atoms with van der Waals surface area (Å²) >= 11 is 0.524. The van der Waals surface area contributed by atoms with Gasteiger partial charge in [-0.2, -0.15) is 8.62 Å². The van der Waals surface area contributed by atoms with Crippen molar-refractivity contribution in [2.24, 2.45) is 5.41 Å². The molecule has 3 fully saturated rings. The Morgan fingerprint density at radius 2 is 1.35 bits per heavy atom. The van der Waals surface area contributed by atoms with Crippen molar-refractivity contribution in [2.75, 3.05) is 51.0 Å². The van der Waals surface area contributed by atoms with Gasteiger partial charge >= 0.3 is 50.8 Å². The van der Waals surface area contributed by atoms with E-state index >= 15 is 0 Å². The van der Waals surface area contributed by atoms with Gasteiger partial charge in [0.15, 0.2) is 30.2 Å². The highest BCUT2D eigenvalue weighted by Gasteiger charge is 2.54. The van der Waals surface area contributed by atoms with Crippen molar-refractivity contribution in [1.82, 2.24) is 55.7 Å². The molecule has 3 saturated heterocycles. The highest BCUT2D eigenvalue weighted by Crippen LogP contribution is 2.63. The van der Waals surface area contributed by atoms with Crippen LogP contribution in [-0.2, 0) is 107 Å². The number of nitrogens with two attached hydrogens (primary N) is 1. The van der Waals surface area contributed by atoms with Crippen LogP contribution >= 0.6 is 50.9 Å². The van der Waals surface area contributed by atoms with E-state index in [4.69, 9.17) is 38.3 Å². The van der Waals surface area contributed by atoms with E-state index in [2.05, 4.69) is 59.2 Å². The number of thioether (sulfide) groups is 1. The first kappa shape index (κ1) is 88.0. The minimum absolute atomic E-state index is 0.0255. The fraction of sp³-hybridized carbons (Fsp3) is 0.673. The van der Waals surface area contributed by atoms with Gasteiger partial charge in [0.1, 0.15) is 91.1 Å². The Kier molecular flexibility index (Phi) is 31.0. The number of anilines is 1. The molecule has 3 aliphatic rings. The quantitative estimate of drug-likeness (QED) is 0.0186. The molecular formula is C49H77N12O38P5S. The van der Waals surface area contributed by atoms with Crippen LogP contribution in [0.2, 0.25) is 0 Å². The number of rotatable bonds is 39. The lowest BCUT2D eigenvalue weighted by Crippen LogP contribution is -2.66. The third kappa shape index (κ3) is 25.3. The smallest absolute Gasteiger partial charge is 0.481 e. The van der Waals surface area contributed by atoms with Crippen LogP contribution in [0.5, 0.6) is 0 Å². The normalized spacial score (nSPS) is 27.0. The van der Waals surface area contributed by atoms with Crippen LogP contribution in [0.3, 0.4) is 0 Å². The molecule has 21 N–H and O–H groups in total. The Labute approximate surface area is 593 Å². The predicted molar refractivity (Wildman–Crippen MR) is 342 cm³/mol. The molecule has 6 heterocycles. The summed E-state index contributed by atoms with van der Waals surface area (Å²) in [5, 5.41) is 83.9. The summed E-state index contributed by atoms with van der Waals surface area (Å²) in [7, 11) is -28.6. The number of phosphoric ester groups is 5. The first-order valence-corrected chi connectivity index (χ1v) is 38.9. The highest BCUT2D eigenvalue weighted by molar-refractivity contribution is 8.13. The maximum atomic E-state index is 13.5. The van der Waals surface area contributed by atoms with E-state index in [0.29, 0.717) is 16.3 Å². The van der Waals surface area contributed by atoms with E-state index < -0.39 is 253 Å². The van der Waals surface area contributed by atoms with E-state index in [-0.39, 0.29) is 29.3 Å². The molecule has 50 nitrogen and oxygen atoms in total. The summed E-state index contributed by atoms with van der Waals surface area (Å²) in [6.45, 7) is 0.0492. The number of H-pyrrole nitrogens is 1. The molecule has 3 aromatic rings. The van der Waals surface area contributed by atoms with Crippen molar-refractivity contribution in [3.05, 3.63) is 45.8 Å². The molecule has 0 radical (unpaired) electrons. The minimum Gasteiger partial charge on any atom is -0.481 e. The standard InChI is InChI=1S/C49H77N12O38P5S/c1-20(56-42(74)21(2)92-37-30(57-22(3)63)47(95-24(14-62)33(37)69)97-104(87,88)99-102(83,84)89-15-25-32(68)34(70)44(93-25)60-12-9-28(65)59-48(60)77)41(73)58-23(6-7-29(66)67)46(76)105-13-11-51-27(64)8-10-52-43(75)38(72)49(4,5)17-91-103(85,86)98-101(81,82)90-16-26-36(96-100(78,79)80)35(71)45(94-26)61-19-55-31-39(50)53-18-54-40(31)61/h9,12,18-21,23-26,30,32-38,44-45,47,62,68-72H,6-8,10-11,13-17H2,1-5H3,(H,51,64)(H,52,75)(H,56,74)(H,57,63)(H,58,73)(H,66,67)(H,81,82)(H,83,84)(H,85,86)(H,87,88)(H2,50,53,54)(H,59,65,77)(H2,78,79,80). The molecule has 6 rings (SSSR count). The molecule has 105 heavy (non-hydrogen) atoms. The summed E-state index contributed by atoms with van der Waals surface area (Å²) in [4.78, 5) is 188. The number of aliphatic hydroxyl groups excluding tert-OH is 6. The highest BCUT2D eigenvalue weighted by atomic mass is 32.2. The van der Waals surface area contributed by atoms with Gasteiger partial charge in [0.05, 0.1) is 38.8 Å². The van der Waals surface area contributed by atoms with Crippen LogP contribution in [-0.4, -0.2) is 272 Å². The lowest BCUT2D eigenvalue weighted by atomic mass is 9.87. The number of nitrogen functional groups attached to an aromatic ring is 1. The van der Waals surface area contributed by atoms with Gasteiger partial charge in [0.2, 0.25) is 34.7 Å². The van der Waals surface area contributed by atoms with Crippen LogP contribution in [0.25, 0.3) is 11.2 Å². The maximum Gasteiger partial charge on any atom is 0.483 e. The summed E-state index contributed by atoms with van der Waals surface area (Å²) < 4.78 is 120. The largest absolute Gasteiger partial charge is 0.483 e. The number of imidazole rings is 1. The number of ether oxygens (including phenoxy) is 4. The third-order valence-electron chi connectivity index (χ3n) is 15.0. The van der Waals surface area contributed by atoms with Crippen molar-refractivity contribution in [3.63, 3.8) is 0 Å². The minimum atomic E-state index is -5.99. The Hall–Kier alpha value is -5.90. The van der Waals surface area contributed by atoms with Crippen molar-refractivity contribution in [3.8, 4) is 0 Å². The first-order chi connectivity index (χ1) is 48.6. The summed E-state index contributed by atoms with van der Waals surface area (Å²) in [5.74, 6) is -6.81. The summed E-state index contributed by atoms with van der Waals surface area (Å²) in [5.41, 5.74) is 2.06. The average Bonchev–Trinajstić information content (AvgIpc) is 1.74. The number of hydrogen-bond donors (Lipinski definition) is 20. The Bertz CT molecular complexity index is 3980. The zero-order valence-electron chi connectivity index (χ0n) is 55.2. The number of hydrogen-bond acceptors (Lipinski definition) is 36. The van der Waals surface area contributed by atoms with E-state index in [1.165, 1.54) is 0 Å². The summed E-state index contributed by atoms with van der Waals surface area (Å²) in [6.07, 6.45) is -25.4. The van der Waals surface area contributed by atoms with Crippen LogP contribution in [0.4, 0.5) is 5.82 Å². The fourth-order valence-corrected chi connectivity index (χ4v) is 15.6. The monoisotopic (exact) mass is 1630 g/mol. The fourth-order valence-electron chi connectivity index (χ4n) is 9.79. The molecule has 0 saturated carbocycles. The number of phosphoric acid groups is 5. The molecular weight excluding hydrogens is 1550 g/mol. The van der Waals surface area contributed by atoms with Gasteiger partial charge in [-0.05, 0) is 20.3 Å². The van der Waals surface area contributed by atoms with Crippen molar-refractivity contribution in [1.29, 1.82) is 0 Å². The topological polar surface area (TPSA) is 754 Å². The zero-order chi connectivity index (χ0) is 78.6. The van der Waals surface area contributed by atoms with Gasteiger partial charge in [0, 0.05) is 56.3 Å². The van der Waals surface area contributed by atoms with E-state index in [0.717, 1.165) is 64.1 Å². The molecule has 592 valence electrons. The van der Waals surface area contributed by atoms with E-state index in [1.807, 2.05) is 4.98 Å². The van der Waals surface area contributed by atoms with Crippen molar-refractivity contribution >= 4 is 108 Å². The molecule has 3 aliphatic heterocycles. The average molecular weight is 1630 g/mol. The lowest BCUT2D eigenvalue weighted by molar-refractivity contribution is -0.261. The first-order valence-electron chi connectivity index (χ1n) is 30.4. The van der Waals surface area contributed by atoms with Crippen LogP contribution in [0.1, 0.15) is 66.3 Å². The zero-order valence-corrected chi connectivity index (χ0v) is 60.5. The molecule has 0 aromatic carbocycles. The van der Waals surface area contributed by atoms with Crippen molar-refractivity contribution in [2.45, 2.75) is 158 Å². The van der Waals surface area contributed by atoms with Crippen LogP contribution < -0.4 is 43.6 Å². The second kappa shape index (κ2) is 37.0. The molecule has 3 aromatic heterocycles. The number of nitrogens with zero attached hydrogens (tertiary/aromatic N) is 5. The van der Waals surface area contributed by atoms with Gasteiger partial charge in [-0.25, -0.2) is 42.6 Å². The molecule has 21 atom stereocenters. The number of aliphatic hydroxyl groups is 6. The number of aromatic nitrogens is 6. The summed E-state index contributed by atoms with van der Waals surface area (Å²) in [6, 6.07) is -4.22. The Balaban J connectivity index is 0.928. The predicted octanol–water partition coefficient (Wildman–Crippen LogP) is -6.70. The van der Waals surface area contributed by atoms with Crippen molar-refractivity contribution < 1.29 is 172 Å². The third-order valence-corrected chi connectivity index (χ3v) is 21.7. The van der Waals surface area contributed by atoms with Gasteiger partial charge in [-0.1, -0.05) is 25.6 Å². The number of carbonyl (C=O) groups is 7. The SMILES string of the molecule is CC(=O)NC1C(OP(=O)(O)OP(=O)(O)OCC2OC(n3ccc(=O)[nH]c3=O)C(O)C2O)OC(CO)C(O)C1OC(C)C(=O)NC(C)C(=O)NC(CCC(=O)O)C(=O)SCCNC(=O)CCNC(=O)C(O)C(C)(C)COP(=O)(O)OP(=O)(O)OCC1OC(n2cnc3c(N)ncnc32)C(O)C1OP(=O)(O)O. The van der Waals surface area contributed by atoms with Gasteiger partial charge in [-0.3, -0.25) is 75.1 Å². The van der Waals surface area contributed by atoms with Gasteiger partial charge < -0.3 is 116 Å². The number of aliphatic carboxylic acids is 1. The number of carboxylic acid groups (broad SMARTS) is 1. The van der Waals surface area contributed by atoms with Gasteiger partial charge in [0.25, 0.3) is 5.56 Å². The molecule has 56 heteroatoms. The number of carbonyl (C=O) groups excluding carboxylic acids is 6. The van der Waals surface area contributed by atoms with E-state index in [9.17, 15) is 131 Å².